The molecule has 0 radical (unpaired) electrons. The van der Waals surface area contributed by atoms with E-state index in [0.717, 1.165) is 35.1 Å². The third-order valence-electron chi connectivity index (χ3n) is 4.46. The van der Waals surface area contributed by atoms with E-state index in [9.17, 15) is 9.59 Å². The molecule has 2 N–H and O–H groups in total. The van der Waals surface area contributed by atoms with Gasteiger partial charge in [-0.15, -0.1) is 11.3 Å². The van der Waals surface area contributed by atoms with Crippen molar-refractivity contribution in [2.24, 2.45) is 0 Å². The first-order chi connectivity index (χ1) is 12.6. The van der Waals surface area contributed by atoms with Gasteiger partial charge < -0.3 is 14.5 Å². The zero-order valence-electron chi connectivity index (χ0n) is 14.0. The minimum absolute atomic E-state index is 0.119. The van der Waals surface area contributed by atoms with Gasteiger partial charge in [-0.3, -0.25) is 10.2 Å². The number of rotatable bonds is 3. The molecule has 0 spiro atoms. The second kappa shape index (κ2) is 6.42. The molecule has 1 amide bonds. The standard InChI is InChI=1S/C19H16N2O4S/c1-24-19(23)15-11-6-4-8-14(11)26-18(15)21-17(22)12-9-10-5-2-3-7-13(10)25-16(12)20/h2-3,5,7,9,20H,4,6,8H2,1H3,(H,21,22). The molecule has 1 aliphatic carbocycles. The molecule has 26 heavy (non-hydrogen) atoms. The smallest absolute Gasteiger partial charge is 0.341 e. The molecule has 0 aliphatic heterocycles. The summed E-state index contributed by atoms with van der Waals surface area (Å²) in [6, 6.07) is 8.82. The van der Waals surface area contributed by atoms with Gasteiger partial charge in [0.2, 0.25) is 5.55 Å². The number of anilines is 1. The van der Waals surface area contributed by atoms with Gasteiger partial charge in [0.25, 0.3) is 5.91 Å². The molecule has 2 aromatic heterocycles. The van der Waals surface area contributed by atoms with E-state index in [-0.39, 0.29) is 11.1 Å². The van der Waals surface area contributed by atoms with Crippen molar-refractivity contribution in [3.05, 3.63) is 57.5 Å². The summed E-state index contributed by atoms with van der Waals surface area (Å²) < 4.78 is 10.3. The molecule has 4 rings (SSSR count). The third kappa shape index (κ3) is 2.70. The van der Waals surface area contributed by atoms with E-state index in [1.165, 1.54) is 18.4 Å². The van der Waals surface area contributed by atoms with Gasteiger partial charge in [-0.25, -0.2) is 4.79 Å². The predicted molar refractivity (Wildman–Crippen MR) is 97.7 cm³/mol. The van der Waals surface area contributed by atoms with Crippen LogP contribution in [0.2, 0.25) is 0 Å². The summed E-state index contributed by atoms with van der Waals surface area (Å²) in [5, 5.41) is 12.0. The van der Waals surface area contributed by atoms with Gasteiger partial charge in [-0.1, -0.05) is 18.2 Å². The lowest BCUT2D eigenvalue weighted by Crippen LogP contribution is -2.21. The molecule has 0 unspecified atom stereocenters. The van der Waals surface area contributed by atoms with Gasteiger partial charge in [0.15, 0.2) is 0 Å². The summed E-state index contributed by atoms with van der Waals surface area (Å²) in [4.78, 5) is 26.0. The van der Waals surface area contributed by atoms with Crippen molar-refractivity contribution < 1.29 is 18.7 Å². The number of nitrogens with one attached hydrogen (secondary N) is 2. The molecular weight excluding hydrogens is 352 g/mol. The van der Waals surface area contributed by atoms with Crippen LogP contribution >= 0.6 is 11.3 Å². The molecule has 1 aliphatic rings. The maximum atomic E-state index is 12.7. The molecule has 0 saturated carbocycles. The molecular formula is C19H16N2O4S. The SMILES string of the molecule is COC(=O)c1c(NC(=O)c2cc3ccccc3oc2=N)sc2c1CCC2. The Balaban J connectivity index is 1.72. The van der Waals surface area contributed by atoms with Gasteiger partial charge in [-0.2, -0.15) is 0 Å². The number of para-hydroxylation sites is 1. The van der Waals surface area contributed by atoms with Crippen molar-refractivity contribution in [3.63, 3.8) is 0 Å². The Hall–Kier alpha value is -2.93. The molecule has 2 heterocycles. The molecule has 7 heteroatoms. The van der Waals surface area contributed by atoms with E-state index in [1.54, 1.807) is 18.2 Å². The second-order valence-corrected chi connectivity index (χ2v) is 7.14. The van der Waals surface area contributed by atoms with Crippen LogP contribution in [0.1, 0.15) is 37.6 Å². The molecule has 0 atom stereocenters. The number of carbonyl (C=O) groups is 2. The van der Waals surface area contributed by atoms with Crippen LogP contribution < -0.4 is 10.9 Å². The van der Waals surface area contributed by atoms with Crippen LogP contribution in [0, 0.1) is 5.41 Å². The molecule has 0 bridgehead atoms. The van der Waals surface area contributed by atoms with E-state index >= 15 is 0 Å². The fraction of sp³-hybridized carbons (Fsp3) is 0.211. The first kappa shape index (κ1) is 16.5. The zero-order valence-corrected chi connectivity index (χ0v) is 14.9. The van der Waals surface area contributed by atoms with Crippen LogP contribution in [0.4, 0.5) is 5.00 Å². The number of aryl methyl sites for hydroxylation is 1. The molecule has 132 valence electrons. The number of hydrogen-bond donors (Lipinski definition) is 2. The monoisotopic (exact) mass is 368 g/mol. The Morgan fingerprint density at radius 3 is 2.88 bits per heavy atom. The van der Waals surface area contributed by atoms with E-state index in [1.807, 2.05) is 12.1 Å². The summed E-state index contributed by atoms with van der Waals surface area (Å²) in [5.74, 6) is -0.927. The van der Waals surface area contributed by atoms with Crippen LogP contribution in [0.3, 0.4) is 0 Å². The van der Waals surface area contributed by atoms with Crippen molar-refractivity contribution in [2.75, 3.05) is 12.4 Å². The van der Waals surface area contributed by atoms with E-state index in [2.05, 4.69) is 5.32 Å². The van der Waals surface area contributed by atoms with Crippen LogP contribution in [-0.2, 0) is 17.6 Å². The lowest BCUT2D eigenvalue weighted by atomic mass is 10.1. The quantitative estimate of drug-likeness (QED) is 0.692. The number of carbonyl (C=O) groups excluding carboxylic acids is 2. The number of esters is 1. The molecule has 3 aromatic rings. The Kier molecular flexibility index (Phi) is 4.08. The molecule has 1 aromatic carbocycles. The molecule has 6 nitrogen and oxygen atoms in total. The number of ether oxygens (including phenoxy) is 1. The zero-order chi connectivity index (χ0) is 18.3. The highest BCUT2D eigenvalue weighted by molar-refractivity contribution is 7.17. The lowest BCUT2D eigenvalue weighted by molar-refractivity contribution is 0.0601. The van der Waals surface area contributed by atoms with Gasteiger partial charge >= 0.3 is 5.97 Å². The van der Waals surface area contributed by atoms with Crippen molar-refractivity contribution in [2.45, 2.75) is 19.3 Å². The first-order valence-corrected chi connectivity index (χ1v) is 9.02. The Morgan fingerprint density at radius 2 is 2.08 bits per heavy atom. The number of thiophene rings is 1. The van der Waals surface area contributed by atoms with Gasteiger partial charge in [0.05, 0.1) is 12.7 Å². The average Bonchev–Trinajstić information content (AvgIpc) is 3.21. The first-order valence-electron chi connectivity index (χ1n) is 8.20. The van der Waals surface area contributed by atoms with E-state index < -0.39 is 11.9 Å². The minimum atomic E-state index is -0.477. The van der Waals surface area contributed by atoms with Crippen LogP contribution in [0.5, 0.6) is 0 Å². The summed E-state index contributed by atoms with van der Waals surface area (Å²) in [5.41, 5.74) is 1.84. The fourth-order valence-corrected chi connectivity index (χ4v) is 4.50. The van der Waals surface area contributed by atoms with Gasteiger partial charge in [0, 0.05) is 10.3 Å². The number of hydrogen-bond acceptors (Lipinski definition) is 6. The second-order valence-electron chi connectivity index (χ2n) is 6.03. The highest BCUT2D eigenvalue weighted by atomic mass is 32.1. The van der Waals surface area contributed by atoms with Crippen molar-refractivity contribution >= 4 is 39.2 Å². The largest absolute Gasteiger partial charge is 0.465 e. The normalized spacial score (nSPS) is 12.8. The Morgan fingerprint density at radius 1 is 1.27 bits per heavy atom. The number of amides is 1. The maximum absolute atomic E-state index is 12.7. The fourth-order valence-electron chi connectivity index (χ4n) is 3.23. The third-order valence-corrected chi connectivity index (χ3v) is 5.67. The number of benzene rings is 1. The Bertz CT molecular complexity index is 1100. The lowest BCUT2D eigenvalue weighted by Gasteiger charge is -2.07. The summed E-state index contributed by atoms with van der Waals surface area (Å²) in [6.07, 6.45) is 2.70. The van der Waals surface area contributed by atoms with Crippen molar-refractivity contribution in [1.29, 1.82) is 5.41 Å². The highest BCUT2D eigenvalue weighted by Crippen LogP contribution is 2.39. The highest BCUT2D eigenvalue weighted by Gasteiger charge is 2.28. The molecule has 0 saturated heterocycles. The van der Waals surface area contributed by atoms with Gasteiger partial charge in [-0.05, 0) is 37.0 Å². The number of fused-ring (bicyclic) bond motifs is 2. The van der Waals surface area contributed by atoms with Crippen LogP contribution in [-0.4, -0.2) is 19.0 Å². The van der Waals surface area contributed by atoms with E-state index in [0.29, 0.717) is 16.1 Å². The Labute approximate surface area is 152 Å². The maximum Gasteiger partial charge on any atom is 0.341 e. The summed E-state index contributed by atoms with van der Waals surface area (Å²) in [6.45, 7) is 0. The van der Waals surface area contributed by atoms with Crippen LogP contribution in [0.25, 0.3) is 11.0 Å². The average molecular weight is 368 g/mol. The predicted octanol–water partition coefficient (Wildman–Crippen LogP) is 3.50. The van der Waals surface area contributed by atoms with Crippen molar-refractivity contribution in [3.8, 4) is 0 Å². The summed E-state index contributed by atoms with van der Waals surface area (Å²) in [7, 11) is 1.33. The van der Waals surface area contributed by atoms with Crippen molar-refractivity contribution in [1.82, 2.24) is 0 Å². The topological polar surface area (TPSA) is 92.4 Å². The number of methoxy groups -OCH3 is 1. The molecule has 0 fully saturated rings. The van der Waals surface area contributed by atoms with Gasteiger partial charge in [0.1, 0.15) is 16.1 Å². The minimum Gasteiger partial charge on any atom is -0.465 e. The van der Waals surface area contributed by atoms with E-state index in [4.69, 9.17) is 14.6 Å². The summed E-state index contributed by atoms with van der Waals surface area (Å²) >= 11 is 1.40. The van der Waals surface area contributed by atoms with Crippen LogP contribution in [0.15, 0.2) is 34.7 Å².